The zero-order chi connectivity index (χ0) is 10.4. The van der Waals surface area contributed by atoms with E-state index in [0.717, 1.165) is 38.6 Å². The van der Waals surface area contributed by atoms with Crippen LogP contribution in [0.4, 0.5) is 0 Å². The molecule has 1 aliphatic carbocycles. The predicted octanol–water partition coefficient (Wildman–Crippen LogP) is 2.44. The second-order valence-electron chi connectivity index (χ2n) is 5.61. The van der Waals surface area contributed by atoms with Gasteiger partial charge < -0.3 is 10.1 Å². The molecule has 0 atom stereocenters. The molecule has 0 amide bonds. The Morgan fingerprint density at radius 3 is 2.57 bits per heavy atom. The fourth-order valence-corrected chi connectivity index (χ4v) is 1.30. The van der Waals surface area contributed by atoms with Crippen molar-refractivity contribution in [2.24, 2.45) is 11.3 Å². The second-order valence-corrected chi connectivity index (χ2v) is 5.61. The van der Waals surface area contributed by atoms with Crippen molar-refractivity contribution < 1.29 is 4.74 Å². The van der Waals surface area contributed by atoms with Gasteiger partial charge in [-0.2, -0.15) is 0 Å². The first-order chi connectivity index (χ1) is 6.58. The van der Waals surface area contributed by atoms with E-state index in [9.17, 15) is 0 Å². The van der Waals surface area contributed by atoms with Crippen molar-refractivity contribution in [1.82, 2.24) is 5.32 Å². The zero-order valence-corrected chi connectivity index (χ0v) is 9.94. The Labute approximate surface area is 88.4 Å². The molecular weight excluding hydrogens is 174 g/mol. The lowest BCUT2D eigenvalue weighted by Gasteiger charge is -2.18. The summed E-state index contributed by atoms with van der Waals surface area (Å²) in [4.78, 5) is 0. The third-order valence-electron chi connectivity index (χ3n) is 2.35. The maximum absolute atomic E-state index is 5.55. The summed E-state index contributed by atoms with van der Waals surface area (Å²) in [5.74, 6) is 0.900. The van der Waals surface area contributed by atoms with Gasteiger partial charge in [0.1, 0.15) is 0 Å². The van der Waals surface area contributed by atoms with Crippen LogP contribution in [0.2, 0.25) is 0 Å². The molecule has 0 radical (unpaired) electrons. The van der Waals surface area contributed by atoms with Crippen molar-refractivity contribution in [1.29, 1.82) is 0 Å². The van der Waals surface area contributed by atoms with Crippen molar-refractivity contribution >= 4 is 0 Å². The van der Waals surface area contributed by atoms with Gasteiger partial charge in [-0.3, -0.25) is 0 Å². The Morgan fingerprint density at radius 1 is 1.29 bits per heavy atom. The van der Waals surface area contributed by atoms with Crippen LogP contribution in [0.3, 0.4) is 0 Å². The van der Waals surface area contributed by atoms with Crippen LogP contribution in [0, 0.1) is 11.3 Å². The molecule has 0 saturated heterocycles. The molecule has 1 rings (SSSR count). The molecule has 1 aliphatic rings. The lowest BCUT2D eigenvalue weighted by Crippen LogP contribution is -2.28. The highest BCUT2D eigenvalue weighted by Gasteiger charge is 2.20. The largest absolute Gasteiger partial charge is 0.381 e. The predicted molar refractivity (Wildman–Crippen MR) is 60.5 cm³/mol. The summed E-state index contributed by atoms with van der Waals surface area (Å²) < 4.78 is 5.55. The summed E-state index contributed by atoms with van der Waals surface area (Å²) in [6, 6.07) is 0. The molecule has 2 heteroatoms. The van der Waals surface area contributed by atoms with Gasteiger partial charge in [0.05, 0.1) is 0 Å². The lowest BCUT2D eigenvalue weighted by atomic mass is 9.97. The molecule has 1 fully saturated rings. The molecule has 0 bridgehead atoms. The topological polar surface area (TPSA) is 21.3 Å². The van der Waals surface area contributed by atoms with Crippen molar-refractivity contribution in [2.45, 2.75) is 40.0 Å². The quantitative estimate of drug-likeness (QED) is 0.636. The van der Waals surface area contributed by atoms with Gasteiger partial charge in [-0.15, -0.1) is 0 Å². The molecule has 2 nitrogen and oxygen atoms in total. The molecule has 14 heavy (non-hydrogen) atoms. The molecule has 0 aromatic rings. The number of rotatable bonds is 7. The van der Waals surface area contributed by atoms with Crippen LogP contribution in [0.5, 0.6) is 0 Å². The van der Waals surface area contributed by atoms with Crippen molar-refractivity contribution in [3.8, 4) is 0 Å². The summed E-state index contributed by atoms with van der Waals surface area (Å²) in [5, 5.41) is 3.45. The van der Waals surface area contributed by atoms with Crippen LogP contribution < -0.4 is 5.32 Å². The smallest absolute Gasteiger partial charge is 0.0494 e. The molecule has 0 aliphatic heterocycles. The summed E-state index contributed by atoms with van der Waals surface area (Å²) in [7, 11) is 0. The highest BCUT2D eigenvalue weighted by atomic mass is 16.5. The number of ether oxygens (including phenoxy) is 1. The maximum Gasteiger partial charge on any atom is 0.0494 e. The molecule has 84 valence electrons. The van der Waals surface area contributed by atoms with Gasteiger partial charge in [0, 0.05) is 13.2 Å². The highest BCUT2D eigenvalue weighted by molar-refractivity contribution is 4.72. The lowest BCUT2D eigenvalue weighted by molar-refractivity contribution is 0.121. The Balaban J connectivity index is 1.75. The van der Waals surface area contributed by atoms with Gasteiger partial charge in [0.2, 0.25) is 0 Å². The molecule has 0 aromatic heterocycles. The molecular formula is C12H25NO. The van der Waals surface area contributed by atoms with Crippen LogP contribution >= 0.6 is 0 Å². The third kappa shape index (κ3) is 7.34. The second kappa shape index (κ2) is 5.72. The van der Waals surface area contributed by atoms with Gasteiger partial charge in [0.25, 0.3) is 0 Å². The molecule has 0 unspecified atom stereocenters. The minimum atomic E-state index is 0.398. The average molecular weight is 199 g/mol. The fourth-order valence-electron chi connectivity index (χ4n) is 1.30. The van der Waals surface area contributed by atoms with Crippen LogP contribution in [-0.2, 0) is 4.74 Å². The number of hydrogen-bond donors (Lipinski definition) is 1. The van der Waals surface area contributed by atoms with E-state index in [1.54, 1.807) is 0 Å². The maximum atomic E-state index is 5.55. The molecule has 0 heterocycles. The summed E-state index contributed by atoms with van der Waals surface area (Å²) in [6.07, 6.45) is 3.92. The third-order valence-corrected chi connectivity index (χ3v) is 2.35. The van der Waals surface area contributed by atoms with E-state index in [-0.39, 0.29) is 0 Å². The first kappa shape index (κ1) is 12.0. The van der Waals surface area contributed by atoms with Gasteiger partial charge in [-0.25, -0.2) is 0 Å². The minimum absolute atomic E-state index is 0.398. The van der Waals surface area contributed by atoms with Gasteiger partial charge >= 0.3 is 0 Å². The monoisotopic (exact) mass is 199 g/mol. The minimum Gasteiger partial charge on any atom is -0.381 e. The first-order valence-corrected chi connectivity index (χ1v) is 5.86. The van der Waals surface area contributed by atoms with E-state index in [4.69, 9.17) is 4.74 Å². The van der Waals surface area contributed by atoms with E-state index >= 15 is 0 Å². The first-order valence-electron chi connectivity index (χ1n) is 5.86. The molecule has 0 spiro atoms. The van der Waals surface area contributed by atoms with Gasteiger partial charge in [0.15, 0.2) is 0 Å². The SMILES string of the molecule is CC(C)(C)CNCCCOCC1CC1. The Hall–Kier alpha value is -0.0800. The van der Waals surface area contributed by atoms with Crippen molar-refractivity contribution in [2.75, 3.05) is 26.3 Å². The van der Waals surface area contributed by atoms with Crippen molar-refractivity contribution in [3.05, 3.63) is 0 Å². The van der Waals surface area contributed by atoms with Crippen LogP contribution in [-0.4, -0.2) is 26.3 Å². The van der Waals surface area contributed by atoms with Crippen molar-refractivity contribution in [3.63, 3.8) is 0 Å². The summed E-state index contributed by atoms with van der Waals surface area (Å²) in [6.45, 7) is 10.9. The van der Waals surface area contributed by atoms with E-state index in [1.807, 2.05) is 0 Å². The van der Waals surface area contributed by atoms with Crippen LogP contribution in [0.1, 0.15) is 40.0 Å². The number of hydrogen-bond acceptors (Lipinski definition) is 2. The van der Waals surface area contributed by atoms with E-state index in [2.05, 4.69) is 26.1 Å². The summed E-state index contributed by atoms with van der Waals surface area (Å²) >= 11 is 0. The Bertz CT molecular complexity index is 147. The van der Waals surface area contributed by atoms with Gasteiger partial charge in [-0.05, 0) is 43.7 Å². The van der Waals surface area contributed by atoms with Gasteiger partial charge in [-0.1, -0.05) is 20.8 Å². The normalized spacial score (nSPS) is 17.4. The zero-order valence-electron chi connectivity index (χ0n) is 9.94. The van der Waals surface area contributed by atoms with Crippen LogP contribution in [0.15, 0.2) is 0 Å². The van der Waals surface area contributed by atoms with Crippen LogP contribution in [0.25, 0.3) is 0 Å². The van der Waals surface area contributed by atoms with E-state index in [1.165, 1.54) is 12.8 Å². The van der Waals surface area contributed by atoms with E-state index in [0.29, 0.717) is 5.41 Å². The Morgan fingerprint density at radius 2 is 2.00 bits per heavy atom. The summed E-state index contributed by atoms with van der Waals surface area (Å²) in [5.41, 5.74) is 0.398. The average Bonchev–Trinajstić information content (AvgIpc) is 2.84. The standard InChI is InChI=1S/C12H25NO/c1-12(2,3)10-13-7-4-8-14-9-11-5-6-11/h11,13H,4-10H2,1-3H3. The highest BCUT2D eigenvalue weighted by Crippen LogP contribution is 2.28. The molecule has 0 aromatic carbocycles. The molecule has 1 saturated carbocycles. The Kier molecular flexibility index (Phi) is 4.90. The molecule has 1 N–H and O–H groups in total. The fraction of sp³-hybridized carbons (Fsp3) is 1.00. The number of nitrogens with one attached hydrogen (secondary N) is 1. The van der Waals surface area contributed by atoms with E-state index < -0.39 is 0 Å².